The largest absolute Gasteiger partial charge is 0.457 e. The van der Waals surface area contributed by atoms with Crippen molar-refractivity contribution in [3.05, 3.63) is 35.9 Å². The molecule has 0 amide bonds. The maximum atomic E-state index is 12.7. The first kappa shape index (κ1) is 44.4. The van der Waals surface area contributed by atoms with Crippen LogP contribution in [-0.2, 0) is 42.7 Å². The van der Waals surface area contributed by atoms with Crippen LogP contribution in [0.1, 0.15) is 109 Å². The third kappa shape index (κ3) is 12.1. The molecule has 3 aliphatic heterocycles. The molecule has 15 nitrogen and oxygen atoms in total. The first-order chi connectivity index (χ1) is 25.8. The quantitative estimate of drug-likeness (QED) is 0.101. The van der Waals surface area contributed by atoms with E-state index in [0.29, 0.717) is 6.61 Å². The molecule has 15 atom stereocenters. The van der Waals surface area contributed by atoms with Gasteiger partial charge in [-0.15, -0.1) is 0 Å². The summed E-state index contributed by atoms with van der Waals surface area (Å²) >= 11 is 0. The molecule has 1 aromatic carbocycles. The third-order valence-electron chi connectivity index (χ3n) is 10.2. The van der Waals surface area contributed by atoms with Crippen LogP contribution >= 0.6 is 0 Å². The Balaban J connectivity index is 1.32. The summed E-state index contributed by atoms with van der Waals surface area (Å²) in [6.07, 6.45) is -8.47. The van der Waals surface area contributed by atoms with Gasteiger partial charge < -0.3 is 63.4 Å². The van der Waals surface area contributed by atoms with E-state index < -0.39 is 104 Å². The Kier molecular flexibility index (Phi) is 18.0. The Morgan fingerprint density at radius 3 is 1.67 bits per heavy atom. The number of carbonyl (C=O) groups is 2. The van der Waals surface area contributed by atoms with Gasteiger partial charge in [-0.3, -0.25) is 4.79 Å². The molecule has 0 radical (unpaired) electrons. The second kappa shape index (κ2) is 21.9. The molecule has 3 aliphatic rings. The summed E-state index contributed by atoms with van der Waals surface area (Å²) in [6, 6.07) is 8.12. The molecule has 308 valence electrons. The summed E-state index contributed by atoms with van der Waals surface area (Å²) in [7, 11) is 0. The molecule has 0 unspecified atom stereocenters. The number of esters is 2. The van der Waals surface area contributed by atoms with E-state index in [1.165, 1.54) is 51.9 Å². The number of unbranched alkanes of at least 4 members (excludes halogenated alkanes) is 9. The SMILES string of the molecule is CCCCCCCCCCCCO[C@@H]1O[C@@H](C)[C@H](O[C@@H]2O[C@@H](C)[C@H](OC(C)=O)[C@@H](O[C@@H]3O[C@@H](C)[C@H](OC(=O)c4ccccc4)[C@@H](O)[C@H]3O)[C@H]2O)[C@@H](O)[C@H]1O. The molecule has 5 N–H and O–H groups in total. The monoisotopic (exact) mass is 770 g/mol. The smallest absolute Gasteiger partial charge is 0.338 e. The molecule has 1 aromatic rings. The Hall–Kier alpha value is -2.28. The van der Waals surface area contributed by atoms with Crippen molar-refractivity contribution in [2.45, 2.75) is 191 Å². The van der Waals surface area contributed by atoms with Crippen molar-refractivity contribution in [2.75, 3.05) is 6.61 Å². The fraction of sp³-hybridized carbons (Fsp3) is 0.795. The molecule has 54 heavy (non-hydrogen) atoms. The van der Waals surface area contributed by atoms with Crippen LogP contribution in [0.25, 0.3) is 0 Å². The van der Waals surface area contributed by atoms with Gasteiger partial charge in [0.15, 0.2) is 31.1 Å². The van der Waals surface area contributed by atoms with E-state index in [2.05, 4.69) is 6.92 Å². The van der Waals surface area contributed by atoms with Crippen LogP contribution in [0.5, 0.6) is 0 Å². The van der Waals surface area contributed by atoms with Crippen LogP contribution in [0.4, 0.5) is 0 Å². The third-order valence-corrected chi connectivity index (χ3v) is 10.2. The van der Waals surface area contributed by atoms with Gasteiger partial charge in [0.05, 0.1) is 23.9 Å². The second-order valence-electron chi connectivity index (χ2n) is 14.6. The number of aliphatic hydroxyl groups excluding tert-OH is 5. The van der Waals surface area contributed by atoms with E-state index in [0.717, 1.165) is 26.2 Å². The summed E-state index contributed by atoms with van der Waals surface area (Å²) < 4.78 is 46.3. The summed E-state index contributed by atoms with van der Waals surface area (Å²) in [4.78, 5) is 24.8. The zero-order valence-corrected chi connectivity index (χ0v) is 32.1. The van der Waals surface area contributed by atoms with Crippen molar-refractivity contribution < 1.29 is 73.0 Å². The van der Waals surface area contributed by atoms with Crippen LogP contribution in [-0.4, -0.2) is 136 Å². The lowest BCUT2D eigenvalue weighted by Crippen LogP contribution is -2.66. The van der Waals surface area contributed by atoms with Gasteiger partial charge in [-0.25, -0.2) is 4.79 Å². The zero-order chi connectivity index (χ0) is 39.4. The molecule has 0 aliphatic carbocycles. The Bertz CT molecular complexity index is 1250. The minimum absolute atomic E-state index is 0.238. The molecular weight excluding hydrogens is 708 g/mol. The van der Waals surface area contributed by atoms with Gasteiger partial charge in [0.25, 0.3) is 0 Å². The Labute approximate surface area is 318 Å². The highest BCUT2D eigenvalue weighted by atomic mass is 16.8. The van der Waals surface area contributed by atoms with Gasteiger partial charge in [-0.1, -0.05) is 82.9 Å². The lowest BCUT2D eigenvalue weighted by molar-refractivity contribution is -0.374. The molecule has 0 aromatic heterocycles. The van der Waals surface area contributed by atoms with Crippen molar-refractivity contribution >= 4 is 11.9 Å². The van der Waals surface area contributed by atoms with E-state index >= 15 is 0 Å². The summed E-state index contributed by atoms with van der Waals surface area (Å²) in [6.45, 7) is 8.41. The van der Waals surface area contributed by atoms with E-state index in [9.17, 15) is 35.1 Å². The molecule has 3 fully saturated rings. The number of hydrogen-bond acceptors (Lipinski definition) is 15. The van der Waals surface area contributed by atoms with Gasteiger partial charge in [0.2, 0.25) is 0 Å². The molecule has 15 heteroatoms. The van der Waals surface area contributed by atoms with E-state index in [-0.39, 0.29) is 5.56 Å². The van der Waals surface area contributed by atoms with Gasteiger partial charge in [-0.05, 0) is 39.3 Å². The predicted molar refractivity (Wildman–Crippen MR) is 192 cm³/mol. The number of rotatable bonds is 19. The van der Waals surface area contributed by atoms with E-state index in [1.807, 2.05) is 0 Å². The number of carbonyl (C=O) groups excluding carboxylic acids is 2. The van der Waals surface area contributed by atoms with Crippen LogP contribution in [0.15, 0.2) is 30.3 Å². The number of aliphatic hydroxyl groups is 5. The van der Waals surface area contributed by atoms with Crippen molar-refractivity contribution in [1.29, 1.82) is 0 Å². The minimum atomic E-state index is -1.77. The Morgan fingerprint density at radius 1 is 0.574 bits per heavy atom. The maximum absolute atomic E-state index is 12.7. The fourth-order valence-electron chi connectivity index (χ4n) is 7.09. The highest BCUT2D eigenvalue weighted by Gasteiger charge is 2.54. The summed E-state index contributed by atoms with van der Waals surface area (Å²) in [5, 5.41) is 55.5. The molecule has 0 spiro atoms. The zero-order valence-electron chi connectivity index (χ0n) is 32.1. The van der Waals surface area contributed by atoms with Gasteiger partial charge >= 0.3 is 11.9 Å². The highest BCUT2D eigenvalue weighted by molar-refractivity contribution is 5.89. The first-order valence-corrected chi connectivity index (χ1v) is 19.6. The van der Waals surface area contributed by atoms with Crippen LogP contribution in [0, 0.1) is 0 Å². The summed E-state index contributed by atoms with van der Waals surface area (Å²) in [5.41, 5.74) is 0.238. The Morgan fingerprint density at radius 2 is 1.06 bits per heavy atom. The molecular formula is C39H62O15. The maximum Gasteiger partial charge on any atom is 0.338 e. The predicted octanol–water partition coefficient (Wildman–Crippen LogP) is 2.89. The van der Waals surface area contributed by atoms with Crippen molar-refractivity contribution in [3.8, 4) is 0 Å². The lowest BCUT2D eigenvalue weighted by Gasteiger charge is -2.48. The average Bonchev–Trinajstić information content (AvgIpc) is 3.14. The first-order valence-electron chi connectivity index (χ1n) is 19.6. The molecule has 3 heterocycles. The summed E-state index contributed by atoms with van der Waals surface area (Å²) in [5.74, 6) is -1.44. The number of hydrogen-bond donors (Lipinski definition) is 5. The molecule has 3 saturated heterocycles. The number of ether oxygens (including phenoxy) is 8. The van der Waals surface area contributed by atoms with Crippen LogP contribution in [0.3, 0.4) is 0 Å². The van der Waals surface area contributed by atoms with Crippen LogP contribution in [0.2, 0.25) is 0 Å². The van der Waals surface area contributed by atoms with Crippen LogP contribution < -0.4 is 0 Å². The van der Waals surface area contributed by atoms with E-state index in [1.54, 1.807) is 44.2 Å². The van der Waals surface area contributed by atoms with Crippen molar-refractivity contribution in [2.24, 2.45) is 0 Å². The standard InChI is InChI=1S/C39H62O15/c1-6-7-8-9-10-11-12-13-14-18-21-47-37-29(43)27(41)33(23(3)48-37)53-39-31(45)35(34(24(4)50-39)51-25(5)40)54-38-30(44)28(42)32(22(2)49-38)52-36(46)26-19-16-15-17-20-26/h15-17,19-20,22-24,27-35,37-39,41-45H,6-14,18,21H2,1-5H3/t22-,23-,24-,27-,28-,29+,30+,31+,32-,33-,34-,35-,37+,38-,39-/m0/s1. The van der Waals surface area contributed by atoms with Gasteiger partial charge in [0.1, 0.15) is 42.7 Å². The molecule has 0 saturated carbocycles. The van der Waals surface area contributed by atoms with Crippen molar-refractivity contribution in [3.63, 3.8) is 0 Å². The van der Waals surface area contributed by atoms with Gasteiger partial charge in [-0.2, -0.15) is 0 Å². The average molecular weight is 771 g/mol. The molecule has 4 rings (SSSR count). The second-order valence-corrected chi connectivity index (χ2v) is 14.6. The number of benzene rings is 1. The van der Waals surface area contributed by atoms with E-state index in [4.69, 9.17) is 37.9 Å². The lowest BCUT2D eigenvalue weighted by atomic mass is 9.96. The minimum Gasteiger partial charge on any atom is -0.457 e. The van der Waals surface area contributed by atoms with Crippen molar-refractivity contribution in [1.82, 2.24) is 0 Å². The topological polar surface area (TPSA) is 209 Å². The molecule has 0 bridgehead atoms. The normalized spacial score (nSPS) is 37.1. The highest BCUT2D eigenvalue weighted by Crippen LogP contribution is 2.34. The van der Waals surface area contributed by atoms with Gasteiger partial charge in [0, 0.05) is 13.5 Å². The fourth-order valence-corrected chi connectivity index (χ4v) is 7.09.